The Morgan fingerprint density at radius 3 is 2.74 bits per heavy atom. The first-order chi connectivity index (χ1) is 13.0. The van der Waals surface area contributed by atoms with Crippen molar-refractivity contribution >= 4 is 5.97 Å². The molecular weight excluding hydrogens is 349 g/mol. The fraction of sp³-hybridized carbons (Fsp3) is 0.381. The summed E-state index contributed by atoms with van der Waals surface area (Å²) in [5, 5.41) is 9.47. The van der Waals surface area contributed by atoms with Crippen LogP contribution >= 0.6 is 0 Å². The van der Waals surface area contributed by atoms with Gasteiger partial charge in [-0.2, -0.15) is 0 Å². The summed E-state index contributed by atoms with van der Waals surface area (Å²) in [7, 11) is 3.15. The van der Waals surface area contributed by atoms with Gasteiger partial charge in [-0.3, -0.25) is 9.69 Å². The van der Waals surface area contributed by atoms with Crippen LogP contribution in [0.25, 0.3) is 0 Å². The van der Waals surface area contributed by atoms with E-state index in [1.54, 1.807) is 20.3 Å². The van der Waals surface area contributed by atoms with Crippen LogP contribution in [0.5, 0.6) is 11.5 Å². The zero-order chi connectivity index (χ0) is 19.4. The van der Waals surface area contributed by atoms with Crippen LogP contribution in [-0.4, -0.2) is 43.3 Å². The molecule has 27 heavy (non-hydrogen) atoms. The predicted octanol–water partition coefficient (Wildman–Crippen LogP) is 3.73. The Morgan fingerprint density at radius 2 is 2.04 bits per heavy atom. The number of piperidine rings is 1. The van der Waals surface area contributed by atoms with Crippen LogP contribution in [0.3, 0.4) is 0 Å². The first kappa shape index (κ1) is 19.2. The van der Waals surface area contributed by atoms with Crippen LogP contribution < -0.4 is 9.47 Å². The molecule has 0 bridgehead atoms. The Labute approximate surface area is 158 Å². The minimum atomic E-state index is -0.796. The smallest absolute Gasteiger partial charge is 0.307 e. The van der Waals surface area contributed by atoms with E-state index in [-0.39, 0.29) is 11.9 Å². The van der Waals surface area contributed by atoms with Gasteiger partial charge in [-0.1, -0.05) is 12.1 Å². The summed E-state index contributed by atoms with van der Waals surface area (Å²) in [5.74, 6) is -0.325. The molecule has 1 aliphatic heterocycles. The number of hydrogen-bond donors (Lipinski definition) is 1. The minimum absolute atomic E-state index is 0.326. The van der Waals surface area contributed by atoms with E-state index in [4.69, 9.17) is 9.47 Å². The number of halogens is 1. The van der Waals surface area contributed by atoms with Gasteiger partial charge in [0.15, 0.2) is 0 Å². The molecule has 1 aliphatic rings. The molecular formula is C21H24FNO4. The van der Waals surface area contributed by atoms with Gasteiger partial charge >= 0.3 is 5.97 Å². The average molecular weight is 373 g/mol. The summed E-state index contributed by atoms with van der Waals surface area (Å²) in [4.78, 5) is 13.6. The molecule has 0 spiro atoms. The van der Waals surface area contributed by atoms with E-state index in [0.717, 1.165) is 18.5 Å². The molecule has 1 saturated heterocycles. The quantitative estimate of drug-likeness (QED) is 0.836. The lowest BCUT2D eigenvalue weighted by atomic mass is 9.91. The van der Waals surface area contributed by atoms with Gasteiger partial charge in [0, 0.05) is 12.1 Å². The Kier molecular flexibility index (Phi) is 5.96. The molecule has 2 unspecified atom stereocenters. The molecule has 2 aromatic carbocycles. The van der Waals surface area contributed by atoms with Gasteiger partial charge in [-0.05, 0) is 55.3 Å². The van der Waals surface area contributed by atoms with E-state index in [2.05, 4.69) is 4.90 Å². The van der Waals surface area contributed by atoms with Crippen LogP contribution in [0.4, 0.5) is 4.39 Å². The lowest BCUT2D eigenvalue weighted by molar-refractivity contribution is -0.143. The second-order valence-corrected chi connectivity index (χ2v) is 6.74. The fourth-order valence-electron chi connectivity index (χ4n) is 3.76. The number of nitrogens with zero attached hydrogens (tertiary/aromatic N) is 1. The number of hydrogen-bond acceptors (Lipinski definition) is 4. The molecule has 3 rings (SSSR count). The zero-order valence-corrected chi connectivity index (χ0v) is 15.5. The lowest BCUT2D eigenvalue weighted by Gasteiger charge is -2.38. The predicted molar refractivity (Wildman–Crippen MR) is 99.7 cm³/mol. The van der Waals surface area contributed by atoms with Crippen LogP contribution in [0, 0.1) is 11.7 Å². The standard InChI is InChI=1S/C21H24FNO4/c1-26-17-7-3-5-14(11-17)20(18-12-16(22)8-9-19(18)27-2)23-10-4-6-15(13-23)21(24)25/h3,5,7-9,11-12,15,20H,4,6,10,13H2,1-2H3,(H,24,25). The maximum absolute atomic E-state index is 14.1. The van der Waals surface area contributed by atoms with E-state index in [1.165, 1.54) is 12.1 Å². The zero-order valence-electron chi connectivity index (χ0n) is 15.5. The van der Waals surface area contributed by atoms with Gasteiger partial charge in [0.05, 0.1) is 26.2 Å². The number of carbonyl (C=O) groups is 1. The maximum Gasteiger partial charge on any atom is 0.307 e. The Balaban J connectivity index is 2.09. The maximum atomic E-state index is 14.1. The summed E-state index contributed by atoms with van der Waals surface area (Å²) in [6.07, 6.45) is 1.42. The molecule has 0 saturated carbocycles. The number of rotatable bonds is 6. The molecule has 0 aliphatic carbocycles. The fourth-order valence-corrected chi connectivity index (χ4v) is 3.76. The molecule has 2 aromatic rings. The Morgan fingerprint density at radius 1 is 1.22 bits per heavy atom. The van der Waals surface area contributed by atoms with Gasteiger partial charge in [0.2, 0.25) is 0 Å². The summed E-state index contributed by atoms with van der Waals surface area (Å²) in [6, 6.07) is 11.7. The van der Waals surface area contributed by atoms with Crippen molar-refractivity contribution in [2.75, 3.05) is 27.3 Å². The van der Waals surface area contributed by atoms with Crippen LogP contribution in [-0.2, 0) is 4.79 Å². The third kappa shape index (κ3) is 4.22. The number of carboxylic acid groups (broad SMARTS) is 1. The first-order valence-electron chi connectivity index (χ1n) is 8.97. The summed E-state index contributed by atoms with van der Waals surface area (Å²) in [5.41, 5.74) is 1.58. The van der Waals surface area contributed by atoms with Crippen molar-refractivity contribution in [1.29, 1.82) is 0 Å². The lowest BCUT2D eigenvalue weighted by Crippen LogP contribution is -2.41. The molecule has 0 aromatic heterocycles. The highest BCUT2D eigenvalue weighted by atomic mass is 19.1. The third-order valence-electron chi connectivity index (χ3n) is 5.06. The van der Waals surface area contributed by atoms with Crippen molar-refractivity contribution in [3.05, 3.63) is 59.4 Å². The Bertz CT molecular complexity index is 811. The van der Waals surface area contributed by atoms with Crippen LogP contribution in [0.15, 0.2) is 42.5 Å². The van der Waals surface area contributed by atoms with E-state index < -0.39 is 11.9 Å². The molecule has 1 heterocycles. The van der Waals surface area contributed by atoms with Crippen molar-refractivity contribution in [2.45, 2.75) is 18.9 Å². The van der Waals surface area contributed by atoms with Crippen molar-refractivity contribution in [3.8, 4) is 11.5 Å². The largest absolute Gasteiger partial charge is 0.497 e. The monoisotopic (exact) mass is 373 g/mol. The van der Waals surface area contributed by atoms with Crippen molar-refractivity contribution in [3.63, 3.8) is 0 Å². The van der Waals surface area contributed by atoms with Gasteiger partial charge < -0.3 is 14.6 Å². The highest BCUT2D eigenvalue weighted by molar-refractivity contribution is 5.70. The number of benzene rings is 2. The minimum Gasteiger partial charge on any atom is -0.497 e. The molecule has 2 atom stereocenters. The van der Waals surface area contributed by atoms with Crippen molar-refractivity contribution in [1.82, 2.24) is 4.90 Å². The number of methoxy groups -OCH3 is 2. The first-order valence-corrected chi connectivity index (χ1v) is 8.97. The molecule has 1 N–H and O–H groups in total. The van der Waals surface area contributed by atoms with Gasteiger partial charge in [-0.15, -0.1) is 0 Å². The molecule has 0 radical (unpaired) electrons. The Hall–Kier alpha value is -2.60. The average Bonchev–Trinajstić information content (AvgIpc) is 2.69. The molecule has 5 nitrogen and oxygen atoms in total. The highest BCUT2D eigenvalue weighted by Crippen LogP contribution is 2.38. The van der Waals surface area contributed by atoms with Gasteiger partial charge in [0.1, 0.15) is 17.3 Å². The number of carboxylic acids is 1. The molecule has 6 heteroatoms. The second-order valence-electron chi connectivity index (χ2n) is 6.74. The third-order valence-corrected chi connectivity index (χ3v) is 5.06. The van der Waals surface area contributed by atoms with E-state index in [1.807, 2.05) is 24.3 Å². The topological polar surface area (TPSA) is 59.0 Å². The van der Waals surface area contributed by atoms with E-state index in [0.29, 0.717) is 30.0 Å². The van der Waals surface area contributed by atoms with Crippen LogP contribution in [0.2, 0.25) is 0 Å². The van der Waals surface area contributed by atoms with Gasteiger partial charge in [0.25, 0.3) is 0 Å². The molecule has 144 valence electrons. The van der Waals surface area contributed by atoms with Crippen molar-refractivity contribution in [2.24, 2.45) is 5.92 Å². The van der Waals surface area contributed by atoms with E-state index >= 15 is 0 Å². The highest BCUT2D eigenvalue weighted by Gasteiger charge is 2.33. The number of aliphatic carboxylic acids is 1. The summed E-state index contributed by atoms with van der Waals surface area (Å²) < 4.78 is 24.9. The number of ether oxygens (including phenoxy) is 2. The second kappa shape index (κ2) is 8.39. The molecule has 1 fully saturated rings. The number of likely N-dealkylation sites (tertiary alicyclic amines) is 1. The van der Waals surface area contributed by atoms with Crippen LogP contribution in [0.1, 0.15) is 30.0 Å². The summed E-state index contributed by atoms with van der Waals surface area (Å²) in [6.45, 7) is 1.13. The molecule has 0 amide bonds. The van der Waals surface area contributed by atoms with Crippen molar-refractivity contribution < 1.29 is 23.8 Å². The van der Waals surface area contributed by atoms with E-state index in [9.17, 15) is 14.3 Å². The SMILES string of the molecule is COc1cccc(C(c2cc(F)ccc2OC)N2CCCC(C(=O)O)C2)c1. The normalized spacial score (nSPS) is 18.7. The summed E-state index contributed by atoms with van der Waals surface area (Å²) >= 11 is 0. The van der Waals surface area contributed by atoms with Gasteiger partial charge in [-0.25, -0.2) is 4.39 Å².